The highest BCUT2D eigenvalue weighted by Crippen LogP contribution is 2.41. The van der Waals surface area contributed by atoms with Crippen LogP contribution in [0, 0.1) is 5.92 Å². The summed E-state index contributed by atoms with van der Waals surface area (Å²) in [6.07, 6.45) is 0. The Balaban J connectivity index is 2.22. The van der Waals surface area contributed by atoms with E-state index in [4.69, 9.17) is 0 Å². The molecule has 3 aromatic rings. The summed E-state index contributed by atoms with van der Waals surface area (Å²) in [6, 6.07) is 27.9. The van der Waals surface area contributed by atoms with E-state index in [0.29, 0.717) is 5.92 Å². The second-order valence-corrected chi connectivity index (χ2v) is 14.9. The quantitative estimate of drug-likeness (QED) is 0.320. The number of hydrogen-bond donors (Lipinski definition) is 0. The van der Waals surface area contributed by atoms with Crippen LogP contribution in [0.5, 0.6) is 0 Å². The van der Waals surface area contributed by atoms with Crippen molar-refractivity contribution in [1.29, 1.82) is 0 Å². The first-order valence-electron chi connectivity index (χ1n) is 13.2. The highest BCUT2D eigenvalue weighted by molar-refractivity contribution is 7.16. The van der Waals surface area contributed by atoms with Crippen LogP contribution in [0.4, 0.5) is 17.1 Å². The van der Waals surface area contributed by atoms with E-state index >= 15 is 0 Å². The van der Waals surface area contributed by atoms with Crippen molar-refractivity contribution in [2.45, 2.75) is 27.7 Å². The van der Waals surface area contributed by atoms with Crippen molar-refractivity contribution in [3.63, 3.8) is 0 Å². The third kappa shape index (κ3) is 4.52. The molecule has 0 heterocycles. The molecule has 1 atom stereocenters. The Labute approximate surface area is 225 Å². The van der Waals surface area contributed by atoms with Gasteiger partial charge in [0.1, 0.15) is 0 Å². The zero-order valence-corrected chi connectivity index (χ0v) is 25.3. The predicted octanol–water partition coefficient (Wildman–Crippen LogP) is 5.20. The summed E-state index contributed by atoms with van der Waals surface area (Å²) in [6.45, 7) is 9.43. The van der Waals surface area contributed by atoms with Crippen molar-refractivity contribution in [3.05, 3.63) is 94.7 Å². The average Bonchev–Trinajstić information content (AvgIpc) is 3.08. The van der Waals surface area contributed by atoms with Crippen LogP contribution in [0.2, 0.25) is 0 Å². The van der Waals surface area contributed by atoms with E-state index in [1.54, 1.807) is 5.20 Å². The van der Waals surface area contributed by atoms with E-state index in [9.17, 15) is 0 Å². The number of nitrogens with zero attached hydrogens (tertiary/aromatic N) is 3. The number of allylic oxidation sites excluding steroid dienone is 4. The zero-order valence-electron chi connectivity index (χ0n) is 24.3. The van der Waals surface area contributed by atoms with Crippen molar-refractivity contribution in [1.82, 2.24) is 0 Å². The summed E-state index contributed by atoms with van der Waals surface area (Å²) in [4.78, 5) is 6.68. The van der Waals surface area contributed by atoms with Crippen molar-refractivity contribution in [3.8, 4) is 0 Å². The van der Waals surface area contributed by atoms with E-state index in [-0.39, 0.29) is 0 Å². The van der Waals surface area contributed by atoms with Crippen molar-refractivity contribution < 1.29 is 0 Å². The summed E-state index contributed by atoms with van der Waals surface area (Å²) in [5.41, 5.74) is 8.15. The van der Waals surface area contributed by atoms with Gasteiger partial charge in [-0.15, -0.1) is 0 Å². The minimum atomic E-state index is -2.67. The molecule has 0 saturated carbocycles. The highest BCUT2D eigenvalue weighted by atomic mass is 28.3. The molecule has 0 N–H and O–H groups in total. The summed E-state index contributed by atoms with van der Waals surface area (Å²) in [5.74, 6) is 0.390. The standard InChI is InChI=1S/C33H43N3Si/c1-23-24(2)26(4)33(25(23)3)37(30-17-11-14-27(20-30)34(5)6,31-18-12-15-28(21-31)35(7)8)32-19-13-16-29(22-32)36(9)10/h11-22,25H,1-10H3. The largest absolute Gasteiger partial charge is 0.378 e. The molecule has 0 spiro atoms. The van der Waals surface area contributed by atoms with Crippen LogP contribution in [0.15, 0.2) is 94.7 Å². The van der Waals surface area contributed by atoms with Crippen LogP contribution in [0.1, 0.15) is 27.7 Å². The molecule has 0 fully saturated rings. The smallest absolute Gasteiger partial charge is 0.176 e. The molecular formula is C33H43N3Si. The number of rotatable bonds is 7. The third-order valence-electron chi connectivity index (χ3n) is 8.43. The van der Waals surface area contributed by atoms with Crippen LogP contribution < -0.4 is 30.3 Å². The Bertz CT molecular complexity index is 1240. The van der Waals surface area contributed by atoms with Crippen molar-refractivity contribution in [2.75, 3.05) is 57.0 Å². The molecule has 4 heteroatoms. The maximum atomic E-state index is 2.45. The molecule has 194 valence electrons. The maximum Gasteiger partial charge on any atom is 0.176 e. The van der Waals surface area contributed by atoms with Gasteiger partial charge in [0, 0.05) is 59.3 Å². The molecule has 0 radical (unpaired) electrons. The lowest BCUT2D eigenvalue weighted by Gasteiger charge is -2.39. The topological polar surface area (TPSA) is 9.72 Å². The molecule has 0 amide bonds. The fourth-order valence-electron chi connectivity index (χ4n) is 5.99. The normalized spacial score (nSPS) is 15.9. The Morgan fingerprint density at radius 3 is 1.16 bits per heavy atom. The first-order chi connectivity index (χ1) is 17.5. The molecule has 0 bridgehead atoms. The Morgan fingerprint density at radius 1 is 0.541 bits per heavy atom. The predicted molar refractivity (Wildman–Crippen MR) is 167 cm³/mol. The van der Waals surface area contributed by atoms with E-state index in [2.05, 4.69) is 157 Å². The molecule has 0 aromatic heterocycles. The summed E-state index contributed by atoms with van der Waals surface area (Å²) in [5, 5.41) is 5.93. The fourth-order valence-corrected chi connectivity index (χ4v) is 11.7. The van der Waals surface area contributed by atoms with E-state index in [1.165, 1.54) is 49.3 Å². The van der Waals surface area contributed by atoms with E-state index in [0.717, 1.165) is 0 Å². The van der Waals surface area contributed by atoms with Gasteiger partial charge in [0.05, 0.1) is 0 Å². The number of hydrogen-bond acceptors (Lipinski definition) is 3. The minimum absolute atomic E-state index is 0.390. The molecule has 3 nitrogen and oxygen atoms in total. The van der Waals surface area contributed by atoms with Gasteiger partial charge >= 0.3 is 0 Å². The number of benzene rings is 3. The summed E-state index contributed by atoms with van der Waals surface area (Å²) in [7, 11) is 10.2. The lowest BCUT2D eigenvalue weighted by Crippen LogP contribution is -2.69. The lowest BCUT2D eigenvalue weighted by molar-refractivity contribution is 0.851. The SMILES string of the molecule is CC1=C(C)C(C)C([Si](c2cccc(N(C)C)c2)(c2cccc(N(C)C)c2)c2cccc(N(C)C)c2)=C1C. The van der Waals surface area contributed by atoms with Crippen LogP contribution >= 0.6 is 0 Å². The van der Waals surface area contributed by atoms with Crippen LogP contribution in [-0.4, -0.2) is 50.4 Å². The first kappa shape index (κ1) is 26.8. The van der Waals surface area contributed by atoms with Gasteiger partial charge in [-0.2, -0.15) is 0 Å². The van der Waals surface area contributed by atoms with Gasteiger partial charge in [-0.25, -0.2) is 0 Å². The first-order valence-corrected chi connectivity index (χ1v) is 15.2. The Morgan fingerprint density at radius 2 is 0.892 bits per heavy atom. The third-order valence-corrected chi connectivity index (χ3v) is 13.6. The summed E-state index contributed by atoms with van der Waals surface area (Å²) < 4.78 is 0. The molecule has 1 aliphatic rings. The van der Waals surface area contributed by atoms with E-state index in [1.807, 2.05) is 0 Å². The minimum Gasteiger partial charge on any atom is -0.378 e. The molecule has 0 saturated heterocycles. The van der Waals surface area contributed by atoms with Gasteiger partial charge in [0.25, 0.3) is 0 Å². The Hall–Kier alpha value is -3.24. The molecule has 1 unspecified atom stereocenters. The molecular weight excluding hydrogens is 466 g/mol. The van der Waals surface area contributed by atoms with Crippen molar-refractivity contribution in [2.24, 2.45) is 5.92 Å². The van der Waals surface area contributed by atoms with Gasteiger partial charge in [0.15, 0.2) is 8.07 Å². The highest BCUT2D eigenvalue weighted by Gasteiger charge is 2.48. The Kier molecular flexibility index (Phi) is 7.43. The van der Waals surface area contributed by atoms with Gasteiger partial charge in [0.2, 0.25) is 0 Å². The molecule has 4 rings (SSSR count). The number of anilines is 3. The van der Waals surface area contributed by atoms with Gasteiger partial charge in [-0.3, -0.25) is 0 Å². The zero-order chi connectivity index (χ0) is 27.1. The average molecular weight is 510 g/mol. The molecule has 3 aromatic carbocycles. The van der Waals surface area contributed by atoms with Crippen LogP contribution in [0.3, 0.4) is 0 Å². The fraction of sp³-hybridized carbons (Fsp3) is 0.333. The lowest BCUT2D eigenvalue weighted by atomic mass is 10.1. The molecule has 37 heavy (non-hydrogen) atoms. The molecule has 0 aliphatic heterocycles. The summed E-state index contributed by atoms with van der Waals surface area (Å²) >= 11 is 0. The maximum absolute atomic E-state index is 2.67. The van der Waals surface area contributed by atoms with Crippen molar-refractivity contribution >= 4 is 40.7 Å². The second-order valence-electron chi connectivity index (χ2n) is 11.2. The molecule has 1 aliphatic carbocycles. The second kappa shape index (κ2) is 10.3. The van der Waals surface area contributed by atoms with Crippen LogP contribution in [0.25, 0.3) is 0 Å². The van der Waals surface area contributed by atoms with Gasteiger partial charge in [-0.1, -0.05) is 59.7 Å². The van der Waals surface area contributed by atoms with Crippen LogP contribution in [-0.2, 0) is 0 Å². The van der Waals surface area contributed by atoms with Gasteiger partial charge < -0.3 is 14.7 Å². The monoisotopic (exact) mass is 509 g/mol. The van der Waals surface area contributed by atoms with E-state index < -0.39 is 8.07 Å². The van der Waals surface area contributed by atoms with Gasteiger partial charge in [-0.05, 0) is 84.2 Å².